The van der Waals surface area contributed by atoms with Crippen molar-refractivity contribution in [3.8, 4) is 0 Å². The molecule has 0 saturated carbocycles. The van der Waals surface area contributed by atoms with Gasteiger partial charge in [-0.25, -0.2) is 8.42 Å². The highest BCUT2D eigenvalue weighted by Gasteiger charge is 2.30. The Bertz CT molecular complexity index is 1040. The highest BCUT2D eigenvalue weighted by Crippen LogP contribution is 2.34. The molecule has 0 unspecified atom stereocenters. The summed E-state index contributed by atoms with van der Waals surface area (Å²) in [7, 11) is -3.69. The Kier molecular flexibility index (Phi) is 5.38. The number of hydrogen-bond donors (Lipinski definition) is 0. The second kappa shape index (κ2) is 7.96. The first-order valence-electron chi connectivity index (χ1n) is 9.75. The first-order valence-corrected chi connectivity index (χ1v) is 11.2. The minimum absolute atomic E-state index is 0.00706. The standard InChI is InChI=1S/C21H23N3O4S/c25-24(26)21-16-19(29(27,28)23-12-4-5-13-23)8-9-20(21)22-14-10-18(11-15-22)17-6-2-1-3-7-17/h1-3,6-10,16H,4-5,11-15H2. The van der Waals surface area contributed by atoms with Gasteiger partial charge >= 0.3 is 0 Å². The third-order valence-corrected chi connectivity index (χ3v) is 7.44. The van der Waals surface area contributed by atoms with Crippen molar-refractivity contribution in [3.63, 3.8) is 0 Å². The summed E-state index contributed by atoms with van der Waals surface area (Å²) in [6, 6.07) is 14.3. The SMILES string of the molecule is O=[N+]([O-])c1cc(S(=O)(=O)N2CCCC2)ccc1N1CC=C(c2ccccc2)CC1. The van der Waals surface area contributed by atoms with E-state index in [1.165, 1.54) is 22.0 Å². The van der Waals surface area contributed by atoms with Crippen LogP contribution < -0.4 is 4.90 Å². The van der Waals surface area contributed by atoms with Crippen LogP contribution in [0.25, 0.3) is 5.57 Å². The molecule has 2 heterocycles. The van der Waals surface area contributed by atoms with E-state index in [-0.39, 0.29) is 10.6 Å². The summed E-state index contributed by atoms with van der Waals surface area (Å²) in [6.45, 7) is 2.12. The van der Waals surface area contributed by atoms with Crippen LogP contribution in [0.5, 0.6) is 0 Å². The molecule has 0 aliphatic carbocycles. The van der Waals surface area contributed by atoms with E-state index in [0.29, 0.717) is 31.9 Å². The molecule has 0 N–H and O–H groups in total. The molecule has 0 spiro atoms. The molecule has 2 aromatic rings. The van der Waals surface area contributed by atoms with Gasteiger partial charge in [0.15, 0.2) is 0 Å². The van der Waals surface area contributed by atoms with Gasteiger partial charge in [-0.1, -0.05) is 36.4 Å². The van der Waals surface area contributed by atoms with Crippen LogP contribution in [0.2, 0.25) is 0 Å². The van der Waals surface area contributed by atoms with Crippen LogP contribution in [0.1, 0.15) is 24.8 Å². The molecular weight excluding hydrogens is 390 g/mol. The smallest absolute Gasteiger partial charge is 0.293 e. The topological polar surface area (TPSA) is 83.8 Å². The molecule has 0 radical (unpaired) electrons. The molecule has 0 atom stereocenters. The van der Waals surface area contributed by atoms with Crippen LogP contribution in [0.3, 0.4) is 0 Å². The molecule has 8 heteroatoms. The summed E-state index contributed by atoms with van der Waals surface area (Å²) in [4.78, 5) is 13.1. The molecule has 2 aliphatic heterocycles. The number of nitro groups is 1. The Morgan fingerprint density at radius 1 is 0.966 bits per heavy atom. The summed E-state index contributed by atoms with van der Waals surface area (Å²) in [5, 5.41) is 11.7. The van der Waals surface area contributed by atoms with Crippen LogP contribution in [0, 0.1) is 10.1 Å². The van der Waals surface area contributed by atoms with Gasteiger partial charge in [0.25, 0.3) is 5.69 Å². The minimum Gasteiger partial charge on any atom is -0.362 e. The molecule has 29 heavy (non-hydrogen) atoms. The number of sulfonamides is 1. The molecule has 0 amide bonds. The van der Waals surface area contributed by atoms with Crippen molar-refractivity contribution in [2.75, 3.05) is 31.1 Å². The number of hydrogen-bond acceptors (Lipinski definition) is 5. The zero-order chi connectivity index (χ0) is 20.4. The normalized spacial score (nSPS) is 17.9. The Labute approximate surface area is 170 Å². The summed E-state index contributed by atoms with van der Waals surface area (Å²) >= 11 is 0. The van der Waals surface area contributed by atoms with Crippen molar-refractivity contribution in [1.82, 2.24) is 4.31 Å². The van der Waals surface area contributed by atoms with Crippen LogP contribution in [-0.4, -0.2) is 43.8 Å². The third kappa shape index (κ3) is 3.90. The van der Waals surface area contributed by atoms with Crippen molar-refractivity contribution >= 4 is 27.0 Å². The van der Waals surface area contributed by atoms with Crippen molar-refractivity contribution in [1.29, 1.82) is 0 Å². The van der Waals surface area contributed by atoms with Gasteiger partial charge < -0.3 is 4.90 Å². The molecule has 0 aromatic heterocycles. The Hall–Kier alpha value is -2.71. The zero-order valence-electron chi connectivity index (χ0n) is 16.0. The fraction of sp³-hybridized carbons (Fsp3) is 0.333. The number of benzene rings is 2. The molecular formula is C21H23N3O4S. The first-order chi connectivity index (χ1) is 14.0. The molecule has 7 nitrogen and oxygen atoms in total. The highest BCUT2D eigenvalue weighted by atomic mass is 32.2. The molecule has 0 bridgehead atoms. The van der Waals surface area contributed by atoms with E-state index in [1.54, 1.807) is 6.07 Å². The van der Waals surface area contributed by atoms with Gasteiger partial charge in [-0.2, -0.15) is 4.31 Å². The quantitative estimate of drug-likeness (QED) is 0.552. The minimum atomic E-state index is -3.69. The lowest BCUT2D eigenvalue weighted by Crippen LogP contribution is -2.30. The summed E-state index contributed by atoms with van der Waals surface area (Å²) < 4.78 is 27.0. The largest absolute Gasteiger partial charge is 0.362 e. The van der Waals surface area contributed by atoms with E-state index in [9.17, 15) is 18.5 Å². The average molecular weight is 413 g/mol. The molecule has 2 aromatic carbocycles. The van der Waals surface area contributed by atoms with E-state index in [0.717, 1.165) is 24.8 Å². The zero-order valence-corrected chi connectivity index (χ0v) is 16.8. The Morgan fingerprint density at radius 3 is 2.31 bits per heavy atom. The lowest BCUT2D eigenvalue weighted by atomic mass is 9.99. The fourth-order valence-corrected chi connectivity index (χ4v) is 5.49. The van der Waals surface area contributed by atoms with Crippen molar-refractivity contribution in [2.45, 2.75) is 24.2 Å². The molecule has 152 valence electrons. The molecule has 1 fully saturated rings. The molecule has 1 saturated heterocycles. The monoisotopic (exact) mass is 413 g/mol. The van der Waals surface area contributed by atoms with E-state index in [1.807, 2.05) is 23.1 Å². The molecule has 2 aliphatic rings. The fourth-order valence-electron chi connectivity index (χ4n) is 3.96. The van der Waals surface area contributed by atoms with Gasteiger partial charge in [-0.05, 0) is 42.5 Å². The predicted octanol–water partition coefficient (Wildman–Crippen LogP) is 3.67. The van der Waals surface area contributed by atoms with E-state index >= 15 is 0 Å². The average Bonchev–Trinajstić information content (AvgIpc) is 3.30. The van der Waals surface area contributed by atoms with Crippen LogP contribution in [-0.2, 0) is 10.0 Å². The number of nitrogens with zero attached hydrogens (tertiary/aromatic N) is 3. The van der Waals surface area contributed by atoms with E-state index in [2.05, 4.69) is 18.2 Å². The first kappa shape index (κ1) is 19.6. The van der Waals surface area contributed by atoms with Gasteiger partial charge in [0.1, 0.15) is 5.69 Å². The van der Waals surface area contributed by atoms with Crippen LogP contribution in [0.4, 0.5) is 11.4 Å². The van der Waals surface area contributed by atoms with Crippen molar-refractivity contribution < 1.29 is 13.3 Å². The van der Waals surface area contributed by atoms with Gasteiger partial charge in [0.2, 0.25) is 10.0 Å². The second-order valence-electron chi connectivity index (χ2n) is 7.31. The van der Waals surface area contributed by atoms with Gasteiger partial charge in [-0.3, -0.25) is 10.1 Å². The maximum atomic E-state index is 12.8. The van der Waals surface area contributed by atoms with Gasteiger partial charge in [0, 0.05) is 32.2 Å². The maximum Gasteiger partial charge on any atom is 0.293 e. The lowest BCUT2D eigenvalue weighted by molar-refractivity contribution is -0.384. The lowest BCUT2D eigenvalue weighted by Gasteiger charge is -2.28. The Balaban J connectivity index is 1.61. The highest BCUT2D eigenvalue weighted by molar-refractivity contribution is 7.89. The molecule has 4 rings (SSSR count). The van der Waals surface area contributed by atoms with E-state index in [4.69, 9.17) is 0 Å². The second-order valence-corrected chi connectivity index (χ2v) is 9.25. The predicted molar refractivity (Wildman–Crippen MR) is 112 cm³/mol. The van der Waals surface area contributed by atoms with Gasteiger partial charge in [0.05, 0.1) is 9.82 Å². The number of anilines is 1. The van der Waals surface area contributed by atoms with Crippen LogP contribution in [0.15, 0.2) is 59.5 Å². The summed E-state index contributed by atoms with van der Waals surface area (Å²) in [6.07, 6.45) is 4.50. The number of nitro benzene ring substituents is 1. The van der Waals surface area contributed by atoms with Crippen molar-refractivity contribution in [3.05, 3.63) is 70.3 Å². The summed E-state index contributed by atoms with van der Waals surface area (Å²) in [5.41, 5.74) is 2.67. The van der Waals surface area contributed by atoms with E-state index < -0.39 is 14.9 Å². The summed E-state index contributed by atoms with van der Waals surface area (Å²) in [5.74, 6) is 0. The van der Waals surface area contributed by atoms with Crippen molar-refractivity contribution in [2.24, 2.45) is 0 Å². The maximum absolute atomic E-state index is 12.8. The number of rotatable bonds is 5. The third-order valence-electron chi connectivity index (χ3n) is 5.54. The van der Waals surface area contributed by atoms with Gasteiger partial charge in [-0.15, -0.1) is 0 Å². The van der Waals surface area contributed by atoms with Crippen LogP contribution >= 0.6 is 0 Å². The Morgan fingerprint density at radius 2 is 1.69 bits per heavy atom.